The molecular formula is C31H27BrFN3O3. The van der Waals surface area contributed by atoms with Gasteiger partial charge in [-0.05, 0) is 54.8 Å². The lowest BCUT2D eigenvalue weighted by Crippen LogP contribution is -2.27. The van der Waals surface area contributed by atoms with Gasteiger partial charge >= 0.3 is 5.97 Å². The van der Waals surface area contributed by atoms with Crippen molar-refractivity contribution in [1.29, 1.82) is 0 Å². The summed E-state index contributed by atoms with van der Waals surface area (Å²) in [5.74, 6) is -0.290. The molecule has 0 unspecified atom stereocenters. The molecule has 1 aliphatic rings. The quantitative estimate of drug-likeness (QED) is 0.214. The van der Waals surface area contributed by atoms with Gasteiger partial charge in [-0.15, -0.1) is 0 Å². The zero-order chi connectivity index (χ0) is 26.9. The van der Waals surface area contributed by atoms with Crippen LogP contribution in [0.3, 0.4) is 0 Å². The number of carboxylic acid groups (broad SMARTS) is 1. The highest BCUT2D eigenvalue weighted by atomic mass is 79.9. The second-order valence-corrected chi connectivity index (χ2v) is 11.0. The number of carbonyl (C=O) groups is 1. The van der Waals surface area contributed by atoms with Crippen molar-refractivity contribution in [3.8, 4) is 5.75 Å². The third kappa shape index (κ3) is 5.26. The molecule has 2 heterocycles. The summed E-state index contributed by atoms with van der Waals surface area (Å²) in [4.78, 5) is 21.6. The van der Waals surface area contributed by atoms with E-state index in [1.165, 1.54) is 6.07 Å². The van der Waals surface area contributed by atoms with Gasteiger partial charge in [0.15, 0.2) is 0 Å². The van der Waals surface area contributed by atoms with Crippen LogP contribution in [0.5, 0.6) is 5.75 Å². The zero-order valence-corrected chi connectivity index (χ0v) is 22.8. The standard InChI is InChI=1S/C31H27BrFN3O3/c32-21-11-8-19(9-12-21)17-36-28-15-14-23(39-18-22-13-10-20-4-3-7-26(33)29(20)34-22)16-27(28)35-30(36)24-5-1-2-6-25(24)31(37)38/h3-4,7-16,24-25H,1-2,5-6,17-18H2,(H,37,38)/t24-,25+/m1/s1. The number of carboxylic acids is 1. The minimum atomic E-state index is -0.759. The van der Waals surface area contributed by atoms with Crippen molar-refractivity contribution in [1.82, 2.24) is 14.5 Å². The van der Waals surface area contributed by atoms with Crippen molar-refractivity contribution in [3.05, 3.63) is 100 Å². The minimum absolute atomic E-state index is 0.153. The molecule has 2 atom stereocenters. The van der Waals surface area contributed by atoms with E-state index in [4.69, 9.17) is 9.72 Å². The topological polar surface area (TPSA) is 77.2 Å². The fourth-order valence-electron chi connectivity index (χ4n) is 5.56. The summed E-state index contributed by atoms with van der Waals surface area (Å²) < 4.78 is 23.4. The van der Waals surface area contributed by atoms with E-state index in [1.54, 1.807) is 6.07 Å². The molecule has 5 aromatic rings. The third-order valence-electron chi connectivity index (χ3n) is 7.53. The van der Waals surface area contributed by atoms with Crippen molar-refractivity contribution < 1.29 is 19.0 Å². The van der Waals surface area contributed by atoms with E-state index < -0.39 is 11.9 Å². The number of aliphatic carboxylic acids is 1. The van der Waals surface area contributed by atoms with Gasteiger partial charge in [-0.2, -0.15) is 0 Å². The first-order chi connectivity index (χ1) is 19.0. The Bertz CT molecular complexity index is 1670. The fraction of sp³-hybridized carbons (Fsp3) is 0.258. The smallest absolute Gasteiger partial charge is 0.307 e. The number of imidazole rings is 1. The van der Waals surface area contributed by atoms with Gasteiger partial charge in [0.25, 0.3) is 0 Å². The number of pyridine rings is 1. The number of halogens is 2. The van der Waals surface area contributed by atoms with Crippen LogP contribution in [0.1, 0.15) is 48.7 Å². The fourth-order valence-corrected chi connectivity index (χ4v) is 5.83. The second-order valence-electron chi connectivity index (χ2n) is 10.1. The number of hydrogen-bond donors (Lipinski definition) is 1. The first kappa shape index (κ1) is 25.5. The molecule has 0 saturated heterocycles. The summed E-state index contributed by atoms with van der Waals surface area (Å²) in [6, 6.07) is 22.5. The summed E-state index contributed by atoms with van der Waals surface area (Å²) in [7, 11) is 0. The van der Waals surface area contributed by atoms with E-state index in [9.17, 15) is 14.3 Å². The van der Waals surface area contributed by atoms with Crippen LogP contribution in [0.15, 0.2) is 77.3 Å². The molecule has 0 aliphatic heterocycles. The first-order valence-corrected chi connectivity index (χ1v) is 13.9. The number of nitrogens with zero attached hydrogens (tertiary/aromatic N) is 3. The summed E-state index contributed by atoms with van der Waals surface area (Å²) in [6.45, 7) is 0.778. The summed E-state index contributed by atoms with van der Waals surface area (Å²) in [6.07, 6.45) is 3.37. The van der Waals surface area contributed by atoms with E-state index in [-0.39, 0.29) is 18.3 Å². The normalized spacial score (nSPS) is 17.5. The van der Waals surface area contributed by atoms with Crippen LogP contribution in [0, 0.1) is 11.7 Å². The van der Waals surface area contributed by atoms with Gasteiger partial charge in [-0.25, -0.2) is 14.4 Å². The van der Waals surface area contributed by atoms with Crippen LogP contribution in [0.25, 0.3) is 21.9 Å². The average Bonchev–Trinajstić information content (AvgIpc) is 3.30. The van der Waals surface area contributed by atoms with E-state index in [0.717, 1.165) is 51.5 Å². The molecule has 0 bridgehead atoms. The molecular weight excluding hydrogens is 561 g/mol. The first-order valence-electron chi connectivity index (χ1n) is 13.1. The molecule has 1 N–H and O–H groups in total. The van der Waals surface area contributed by atoms with Crippen molar-refractivity contribution in [2.24, 2.45) is 5.92 Å². The number of rotatable bonds is 7. The van der Waals surface area contributed by atoms with Crippen LogP contribution < -0.4 is 4.74 Å². The Morgan fingerprint density at radius 1 is 1.03 bits per heavy atom. The van der Waals surface area contributed by atoms with Crippen LogP contribution in [-0.4, -0.2) is 25.6 Å². The van der Waals surface area contributed by atoms with E-state index >= 15 is 0 Å². The summed E-state index contributed by atoms with van der Waals surface area (Å²) in [5, 5.41) is 10.7. The molecule has 1 aliphatic carbocycles. The van der Waals surface area contributed by atoms with Crippen LogP contribution >= 0.6 is 15.9 Å². The predicted octanol–water partition coefficient (Wildman–Crippen LogP) is 7.47. The van der Waals surface area contributed by atoms with Gasteiger partial charge < -0.3 is 14.4 Å². The Morgan fingerprint density at radius 2 is 1.85 bits per heavy atom. The highest BCUT2D eigenvalue weighted by molar-refractivity contribution is 9.10. The Morgan fingerprint density at radius 3 is 2.67 bits per heavy atom. The average molecular weight is 588 g/mol. The number of aromatic nitrogens is 3. The number of para-hydroxylation sites is 1. The maximum absolute atomic E-state index is 14.2. The largest absolute Gasteiger partial charge is 0.487 e. The van der Waals surface area contributed by atoms with E-state index in [2.05, 4.69) is 37.6 Å². The molecule has 0 spiro atoms. The molecule has 6 nitrogen and oxygen atoms in total. The molecule has 1 saturated carbocycles. The minimum Gasteiger partial charge on any atom is -0.487 e. The Balaban J connectivity index is 1.33. The predicted molar refractivity (Wildman–Crippen MR) is 151 cm³/mol. The van der Waals surface area contributed by atoms with Crippen LogP contribution in [-0.2, 0) is 17.9 Å². The van der Waals surface area contributed by atoms with Crippen LogP contribution in [0.2, 0.25) is 0 Å². The number of hydrogen-bond acceptors (Lipinski definition) is 4. The maximum atomic E-state index is 14.2. The lowest BCUT2D eigenvalue weighted by Gasteiger charge is -2.28. The Labute approximate surface area is 233 Å². The van der Waals surface area contributed by atoms with E-state index in [0.29, 0.717) is 29.9 Å². The molecule has 3 aromatic carbocycles. The molecule has 2 aromatic heterocycles. The lowest BCUT2D eigenvalue weighted by molar-refractivity contribution is -0.143. The number of benzene rings is 3. The molecule has 198 valence electrons. The zero-order valence-electron chi connectivity index (χ0n) is 21.2. The highest BCUT2D eigenvalue weighted by Gasteiger charge is 2.35. The number of ether oxygens (including phenoxy) is 1. The monoisotopic (exact) mass is 587 g/mol. The molecule has 0 radical (unpaired) electrons. The molecule has 8 heteroatoms. The lowest BCUT2D eigenvalue weighted by atomic mass is 9.78. The molecule has 6 rings (SSSR count). The Kier molecular flexibility index (Phi) is 7.04. The Hall–Kier alpha value is -3.78. The van der Waals surface area contributed by atoms with Gasteiger partial charge in [-0.3, -0.25) is 4.79 Å². The van der Waals surface area contributed by atoms with Crippen LogP contribution in [0.4, 0.5) is 4.39 Å². The van der Waals surface area contributed by atoms with Gasteiger partial charge in [-0.1, -0.05) is 59.1 Å². The van der Waals surface area contributed by atoms with Gasteiger partial charge in [0, 0.05) is 28.4 Å². The van der Waals surface area contributed by atoms with Crippen molar-refractivity contribution >= 4 is 43.8 Å². The van der Waals surface area contributed by atoms with Gasteiger partial charge in [0.05, 0.1) is 22.6 Å². The maximum Gasteiger partial charge on any atom is 0.307 e. The molecule has 0 amide bonds. The third-order valence-corrected chi connectivity index (χ3v) is 8.06. The van der Waals surface area contributed by atoms with Gasteiger partial charge in [0.2, 0.25) is 0 Å². The van der Waals surface area contributed by atoms with Crippen molar-refractivity contribution in [2.75, 3.05) is 0 Å². The van der Waals surface area contributed by atoms with Crippen molar-refractivity contribution in [3.63, 3.8) is 0 Å². The molecule has 39 heavy (non-hydrogen) atoms. The SMILES string of the molecule is O=C(O)[C@H]1CCCC[C@H]1c1nc2cc(OCc3ccc4cccc(F)c4n3)ccc2n1Cc1ccc(Br)cc1. The number of fused-ring (bicyclic) bond motifs is 2. The van der Waals surface area contributed by atoms with E-state index in [1.807, 2.05) is 48.5 Å². The van der Waals surface area contributed by atoms with Gasteiger partial charge in [0.1, 0.15) is 29.5 Å². The highest BCUT2D eigenvalue weighted by Crippen LogP contribution is 2.39. The second kappa shape index (κ2) is 10.8. The summed E-state index contributed by atoms with van der Waals surface area (Å²) >= 11 is 3.50. The van der Waals surface area contributed by atoms with Crippen molar-refractivity contribution in [2.45, 2.75) is 44.8 Å². The summed E-state index contributed by atoms with van der Waals surface area (Å²) in [5.41, 5.74) is 3.75. The molecule has 1 fully saturated rings.